The third kappa shape index (κ3) is 2.68. The van der Waals surface area contributed by atoms with E-state index in [0.29, 0.717) is 5.15 Å². The molecule has 0 aliphatic heterocycles. The van der Waals surface area contributed by atoms with Gasteiger partial charge in [-0.2, -0.15) is 0 Å². The smallest absolute Gasteiger partial charge is 0.129 e. The quantitative estimate of drug-likeness (QED) is 0.490. The summed E-state index contributed by atoms with van der Waals surface area (Å²) >= 11 is 5.60. The Balaban J connectivity index is 2.66. The molecule has 0 spiro atoms. The van der Waals surface area contributed by atoms with E-state index in [1.54, 1.807) is 19.3 Å². The van der Waals surface area contributed by atoms with Crippen molar-refractivity contribution in [3.8, 4) is 0 Å². The van der Waals surface area contributed by atoms with E-state index < -0.39 is 0 Å². The van der Waals surface area contributed by atoms with Crippen LogP contribution in [-0.2, 0) is 6.42 Å². The summed E-state index contributed by atoms with van der Waals surface area (Å²) in [6.45, 7) is 0. The number of halogens is 1. The fraction of sp³-hybridized carbons (Fsp3) is 0.250. The van der Waals surface area contributed by atoms with Crippen LogP contribution in [0, 0.1) is 0 Å². The predicted octanol–water partition coefficient (Wildman–Crippen LogP) is 1.98. The zero-order chi connectivity index (χ0) is 8.10. The van der Waals surface area contributed by atoms with Crippen LogP contribution in [0.4, 0.5) is 0 Å². The summed E-state index contributed by atoms with van der Waals surface area (Å²) in [6, 6.07) is 3.72. The molecule has 2 nitrogen and oxygen atoms in total. The second kappa shape index (κ2) is 4.09. The van der Waals surface area contributed by atoms with Gasteiger partial charge in [-0.15, -0.1) is 0 Å². The summed E-state index contributed by atoms with van der Waals surface area (Å²) in [5.41, 5.74) is 1.13. The summed E-state index contributed by atoms with van der Waals surface area (Å²) in [4.78, 5) is 7.80. The molecular weight excluding hydrogens is 160 g/mol. The lowest BCUT2D eigenvalue weighted by atomic mass is 10.2. The lowest BCUT2D eigenvalue weighted by Gasteiger charge is -1.93. The first-order valence-corrected chi connectivity index (χ1v) is 3.72. The van der Waals surface area contributed by atoms with Crippen molar-refractivity contribution in [1.29, 1.82) is 0 Å². The van der Waals surface area contributed by atoms with Crippen LogP contribution in [0.2, 0.25) is 5.15 Å². The molecule has 1 aromatic rings. The van der Waals surface area contributed by atoms with Crippen LogP contribution in [0.15, 0.2) is 23.3 Å². The Bertz CT molecular complexity index is 241. The van der Waals surface area contributed by atoms with E-state index in [1.165, 1.54) is 0 Å². The van der Waals surface area contributed by atoms with Crippen LogP contribution in [-0.4, -0.2) is 18.2 Å². The maximum Gasteiger partial charge on any atom is 0.129 e. The Hall–Kier alpha value is -0.890. The van der Waals surface area contributed by atoms with E-state index in [2.05, 4.69) is 9.98 Å². The first-order chi connectivity index (χ1) is 5.33. The standard InChI is InChI=1S/C8H9ClN2/c1-10-5-4-7-2-3-8(9)11-6-7/h2-3,5-6H,4H2,1H3. The Morgan fingerprint density at radius 3 is 3.00 bits per heavy atom. The predicted molar refractivity (Wildman–Crippen MR) is 47.4 cm³/mol. The van der Waals surface area contributed by atoms with Gasteiger partial charge in [0, 0.05) is 25.9 Å². The molecule has 0 saturated carbocycles. The van der Waals surface area contributed by atoms with E-state index in [1.807, 2.05) is 12.3 Å². The average molecular weight is 169 g/mol. The summed E-state index contributed by atoms with van der Waals surface area (Å²) in [6.07, 6.45) is 4.41. The van der Waals surface area contributed by atoms with Gasteiger partial charge in [-0.1, -0.05) is 17.7 Å². The number of rotatable bonds is 2. The van der Waals surface area contributed by atoms with Crippen molar-refractivity contribution in [2.24, 2.45) is 4.99 Å². The molecule has 1 rings (SSSR count). The molecule has 0 amide bonds. The highest BCUT2D eigenvalue weighted by atomic mass is 35.5. The largest absolute Gasteiger partial charge is 0.301 e. The van der Waals surface area contributed by atoms with E-state index in [0.717, 1.165) is 12.0 Å². The minimum Gasteiger partial charge on any atom is -0.301 e. The molecule has 0 bridgehead atoms. The second-order valence-corrected chi connectivity index (χ2v) is 2.52. The van der Waals surface area contributed by atoms with Crippen molar-refractivity contribution in [2.45, 2.75) is 6.42 Å². The first-order valence-electron chi connectivity index (χ1n) is 3.34. The van der Waals surface area contributed by atoms with Gasteiger partial charge in [-0.3, -0.25) is 0 Å². The molecule has 0 aliphatic carbocycles. The van der Waals surface area contributed by atoms with Gasteiger partial charge in [0.25, 0.3) is 0 Å². The molecule has 1 aromatic heterocycles. The third-order valence-electron chi connectivity index (χ3n) is 1.30. The summed E-state index contributed by atoms with van der Waals surface area (Å²) < 4.78 is 0. The van der Waals surface area contributed by atoms with Gasteiger partial charge in [-0.05, 0) is 11.6 Å². The maximum atomic E-state index is 5.60. The molecule has 0 aromatic carbocycles. The Morgan fingerprint density at radius 2 is 2.45 bits per heavy atom. The van der Waals surface area contributed by atoms with Crippen molar-refractivity contribution < 1.29 is 0 Å². The monoisotopic (exact) mass is 168 g/mol. The number of aromatic nitrogens is 1. The molecule has 0 radical (unpaired) electrons. The summed E-state index contributed by atoms with van der Waals surface area (Å²) in [5.74, 6) is 0. The molecule has 0 fully saturated rings. The van der Waals surface area contributed by atoms with Crippen molar-refractivity contribution in [1.82, 2.24) is 4.98 Å². The highest BCUT2D eigenvalue weighted by molar-refractivity contribution is 6.29. The third-order valence-corrected chi connectivity index (χ3v) is 1.52. The van der Waals surface area contributed by atoms with Gasteiger partial charge in [-0.25, -0.2) is 4.98 Å². The van der Waals surface area contributed by atoms with Crippen LogP contribution >= 0.6 is 11.6 Å². The Labute approximate surface area is 70.9 Å². The van der Waals surface area contributed by atoms with Crippen molar-refractivity contribution in [3.63, 3.8) is 0 Å². The van der Waals surface area contributed by atoms with Crippen molar-refractivity contribution in [3.05, 3.63) is 29.0 Å². The fourth-order valence-corrected chi connectivity index (χ4v) is 0.836. The number of nitrogens with zero attached hydrogens (tertiary/aromatic N) is 2. The molecule has 0 unspecified atom stereocenters. The highest BCUT2D eigenvalue weighted by Crippen LogP contribution is 2.04. The molecule has 0 saturated heterocycles. The molecule has 1 heterocycles. The first kappa shape index (κ1) is 8.21. The molecular formula is C8H9ClN2. The van der Waals surface area contributed by atoms with Crippen molar-refractivity contribution in [2.75, 3.05) is 7.05 Å². The van der Waals surface area contributed by atoms with Gasteiger partial charge in [0.1, 0.15) is 5.15 Å². The second-order valence-electron chi connectivity index (χ2n) is 2.13. The van der Waals surface area contributed by atoms with Crippen molar-refractivity contribution >= 4 is 17.8 Å². The number of aliphatic imine (C=N–C) groups is 1. The van der Waals surface area contributed by atoms with Crippen LogP contribution < -0.4 is 0 Å². The van der Waals surface area contributed by atoms with Gasteiger partial charge < -0.3 is 4.99 Å². The fourth-order valence-electron chi connectivity index (χ4n) is 0.724. The van der Waals surface area contributed by atoms with Gasteiger partial charge in [0.15, 0.2) is 0 Å². The van der Waals surface area contributed by atoms with E-state index in [-0.39, 0.29) is 0 Å². The Kier molecular flexibility index (Phi) is 3.05. The normalized spacial score (nSPS) is 10.7. The van der Waals surface area contributed by atoms with Crippen LogP contribution in [0.1, 0.15) is 5.56 Å². The molecule has 3 heteroatoms. The molecule has 58 valence electrons. The number of hydrogen-bond donors (Lipinski definition) is 0. The van der Waals surface area contributed by atoms with Gasteiger partial charge >= 0.3 is 0 Å². The summed E-state index contributed by atoms with van der Waals surface area (Å²) in [7, 11) is 1.75. The SMILES string of the molecule is CN=CCc1ccc(Cl)nc1. The molecule has 0 atom stereocenters. The van der Waals surface area contributed by atoms with E-state index in [4.69, 9.17) is 11.6 Å². The minimum atomic E-state index is 0.530. The van der Waals surface area contributed by atoms with Gasteiger partial charge in [0.2, 0.25) is 0 Å². The lowest BCUT2D eigenvalue weighted by molar-refractivity contribution is 1.22. The van der Waals surface area contributed by atoms with Crippen LogP contribution in [0.25, 0.3) is 0 Å². The Morgan fingerprint density at radius 1 is 1.64 bits per heavy atom. The molecule has 11 heavy (non-hydrogen) atoms. The van der Waals surface area contributed by atoms with Crippen LogP contribution in [0.3, 0.4) is 0 Å². The minimum absolute atomic E-state index is 0.530. The average Bonchev–Trinajstić information content (AvgIpc) is 2.04. The number of pyridine rings is 1. The topological polar surface area (TPSA) is 25.2 Å². The zero-order valence-electron chi connectivity index (χ0n) is 6.29. The lowest BCUT2D eigenvalue weighted by Crippen LogP contribution is -1.86. The zero-order valence-corrected chi connectivity index (χ0v) is 7.04. The molecule has 0 N–H and O–H groups in total. The molecule has 0 aliphatic rings. The number of hydrogen-bond acceptors (Lipinski definition) is 2. The highest BCUT2D eigenvalue weighted by Gasteiger charge is 1.90. The summed E-state index contributed by atoms with van der Waals surface area (Å²) in [5, 5.41) is 0.530. The van der Waals surface area contributed by atoms with Gasteiger partial charge in [0.05, 0.1) is 0 Å². The van der Waals surface area contributed by atoms with Crippen LogP contribution in [0.5, 0.6) is 0 Å². The maximum absolute atomic E-state index is 5.60. The van der Waals surface area contributed by atoms with E-state index in [9.17, 15) is 0 Å². The van der Waals surface area contributed by atoms with E-state index >= 15 is 0 Å².